The highest BCUT2D eigenvalue weighted by Crippen LogP contribution is 2.18. The van der Waals surface area contributed by atoms with Crippen molar-refractivity contribution < 1.29 is 0 Å². The molecule has 0 atom stereocenters. The fourth-order valence-electron chi connectivity index (χ4n) is 2.17. The number of nitrogens with two attached hydrogens (primary N) is 1. The van der Waals surface area contributed by atoms with Crippen molar-refractivity contribution in [3.05, 3.63) is 10.4 Å². The van der Waals surface area contributed by atoms with E-state index in [0.29, 0.717) is 17.1 Å². The Morgan fingerprint density at radius 3 is 2.65 bits per heavy atom. The molecule has 3 rings (SSSR count). The number of aromatic nitrogens is 4. The Bertz CT molecular complexity index is 594. The van der Waals surface area contributed by atoms with Gasteiger partial charge in [-0.25, -0.2) is 0 Å². The van der Waals surface area contributed by atoms with Crippen molar-refractivity contribution in [1.82, 2.24) is 19.9 Å². The van der Waals surface area contributed by atoms with Gasteiger partial charge in [-0.15, -0.1) is 0 Å². The average Bonchev–Trinajstić information content (AvgIpc) is 2.74. The molecule has 0 amide bonds. The molecule has 0 unspecified atom stereocenters. The van der Waals surface area contributed by atoms with Crippen molar-refractivity contribution in [2.75, 3.05) is 23.7 Å². The molecular formula is C10H14N6O. The molecular weight excluding hydrogens is 220 g/mol. The number of nitrogens with one attached hydrogen (secondary N) is 2. The number of imidazole rings is 1. The summed E-state index contributed by atoms with van der Waals surface area (Å²) >= 11 is 0. The van der Waals surface area contributed by atoms with Crippen molar-refractivity contribution in [2.24, 2.45) is 0 Å². The first-order chi connectivity index (χ1) is 8.24. The summed E-state index contributed by atoms with van der Waals surface area (Å²) in [7, 11) is 0. The first-order valence-corrected chi connectivity index (χ1v) is 5.74. The largest absolute Gasteiger partial charge is 0.369 e. The smallest absolute Gasteiger partial charge is 0.278 e. The molecule has 7 heteroatoms. The highest BCUT2D eigenvalue weighted by molar-refractivity contribution is 5.73. The van der Waals surface area contributed by atoms with Crippen LogP contribution in [0, 0.1) is 0 Å². The predicted octanol–water partition coefficient (Wildman–Crippen LogP) is 0.219. The minimum Gasteiger partial charge on any atom is -0.369 e. The normalized spacial score (nSPS) is 16.6. The lowest BCUT2D eigenvalue weighted by atomic mass is 10.1. The number of rotatable bonds is 1. The highest BCUT2D eigenvalue weighted by Gasteiger charge is 2.16. The summed E-state index contributed by atoms with van der Waals surface area (Å²) in [6.45, 7) is 1.93. The van der Waals surface area contributed by atoms with Crippen molar-refractivity contribution >= 4 is 23.1 Å². The molecule has 17 heavy (non-hydrogen) atoms. The third-order valence-corrected chi connectivity index (χ3v) is 3.02. The zero-order chi connectivity index (χ0) is 11.8. The summed E-state index contributed by atoms with van der Waals surface area (Å²) in [5, 5.41) is 0. The second-order valence-electron chi connectivity index (χ2n) is 4.26. The van der Waals surface area contributed by atoms with Crippen LogP contribution in [-0.2, 0) is 0 Å². The lowest BCUT2D eigenvalue weighted by molar-refractivity contribution is 0.570. The van der Waals surface area contributed by atoms with Gasteiger partial charge in [-0.2, -0.15) is 9.97 Å². The van der Waals surface area contributed by atoms with Gasteiger partial charge in [-0.1, -0.05) is 0 Å². The van der Waals surface area contributed by atoms with E-state index in [9.17, 15) is 4.79 Å². The van der Waals surface area contributed by atoms with Gasteiger partial charge in [0.25, 0.3) is 5.56 Å². The Hall–Kier alpha value is -2.05. The second-order valence-corrected chi connectivity index (χ2v) is 4.26. The van der Waals surface area contributed by atoms with Gasteiger partial charge >= 0.3 is 0 Å². The summed E-state index contributed by atoms with van der Waals surface area (Å²) in [6, 6.07) is 0. The fourth-order valence-corrected chi connectivity index (χ4v) is 2.17. The molecule has 0 bridgehead atoms. The number of fused-ring (bicyclic) bond motifs is 1. The van der Waals surface area contributed by atoms with Gasteiger partial charge in [0, 0.05) is 13.1 Å². The number of aromatic amines is 2. The van der Waals surface area contributed by atoms with Gasteiger partial charge in [-0.05, 0) is 19.3 Å². The molecule has 3 heterocycles. The first kappa shape index (κ1) is 10.1. The Balaban J connectivity index is 2.06. The number of nitrogen functional groups attached to an aromatic ring is 1. The molecule has 90 valence electrons. The predicted molar refractivity (Wildman–Crippen MR) is 65.0 cm³/mol. The topological polar surface area (TPSA) is 104 Å². The molecule has 0 aromatic carbocycles. The molecule has 1 aliphatic rings. The summed E-state index contributed by atoms with van der Waals surface area (Å²) in [5.74, 6) is 0.808. The van der Waals surface area contributed by atoms with E-state index in [1.807, 2.05) is 0 Å². The minimum atomic E-state index is -0.275. The minimum absolute atomic E-state index is 0.0965. The van der Waals surface area contributed by atoms with Crippen molar-refractivity contribution in [1.29, 1.82) is 0 Å². The highest BCUT2D eigenvalue weighted by atomic mass is 16.1. The molecule has 4 N–H and O–H groups in total. The van der Waals surface area contributed by atoms with Crippen LogP contribution in [0.15, 0.2) is 4.79 Å². The third kappa shape index (κ3) is 1.73. The maximum absolute atomic E-state index is 11.6. The SMILES string of the molecule is Nc1nc2nc(N3CCCCC3)[nH]c2c(=O)[nH]1. The first-order valence-electron chi connectivity index (χ1n) is 5.74. The third-order valence-electron chi connectivity index (χ3n) is 3.02. The van der Waals surface area contributed by atoms with Crippen LogP contribution in [0.5, 0.6) is 0 Å². The Morgan fingerprint density at radius 1 is 1.12 bits per heavy atom. The van der Waals surface area contributed by atoms with E-state index < -0.39 is 0 Å². The summed E-state index contributed by atoms with van der Waals surface area (Å²) in [4.78, 5) is 27.6. The molecule has 2 aromatic heterocycles. The molecule has 2 aromatic rings. The number of H-pyrrole nitrogens is 2. The van der Waals surface area contributed by atoms with Crippen molar-refractivity contribution in [3.8, 4) is 0 Å². The lowest BCUT2D eigenvalue weighted by Crippen LogP contribution is -2.30. The van der Waals surface area contributed by atoms with E-state index in [-0.39, 0.29) is 11.5 Å². The maximum atomic E-state index is 11.6. The molecule has 0 spiro atoms. The molecule has 0 aliphatic carbocycles. The zero-order valence-corrected chi connectivity index (χ0v) is 9.36. The molecule has 0 saturated carbocycles. The lowest BCUT2D eigenvalue weighted by Gasteiger charge is -2.25. The van der Waals surface area contributed by atoms with Crippen LogP contribution < -0.4 is 16.2 Å². The van der Waals surface area contributed by atoms with Crippen LogP contribution >= 0.6 is 0 Å². The summed E-state index contributed by atoms with van der Waals surface area (Å²) in [6.07, 6.45) is 3.56. The van der Waals surface area contributed by atoms with Gasteiger partial charge < -0.3 is 15.6 Å². The quantitative estimate of drug-likeness (QED) is 0.654. The van der Waals surface area contributed by atoms with Gasteiger partial charge in [0.2, 0.25) is 11.9 Å². The Labute approximate surface area is 97.1 Å². The molecule has 7 nitrogen and oxygen atoms in total. The monoisotopic (exact) mass is 234 g/mol. The van der Waals surface area contributed by atoms with Crippen LogP contribution in [0.1, 0.15) is 19.3 Å². The molecule has 1 fully saturated rings. The standard InChI is InChI=1S/C10H14N6O/c11-9-13-7-6(8(17)15-9)12-10(14-7)16-4-2-1-3-5-16/h1-5H2,(H4,11,12,13,14,15,17). The average molecular weight is 234 g/mol. The van der Waals surface area contributed by atoms with E-state index in [2.05, 4.69) is 24.8 Å². The summed E-state index contributed by atoms with van der Waals surface area (Å²) < 4.78 is 0. The molecule has 1 saturated heterocycles. The number of nitrogens with zero attached hydrogens (tertiary/aromatic N) is 3. The molecule has 1 aliphatic heterocycles. The Kier molecular flexibility index (Phi) is 2.24. The van der Waals surface area contributed by atoms with Crippen LogP contribution in [-0.4, -0.2) is 33.0 Å². The number of anilines is 2. The fraction of sp³-hybridized carbons (Fsp3) is 0.500. The molecule has 0 radical (unpaired) electrons. The number of hydrogen-bond acceptors (Lipinski definition) is 5. The van der Waals surface area contributed by atoms with E-state index >= 15 is 0 Å². The van der Waals surface area contributed by atoms with Crippen LogP contribution in [0.25, 0.3) is 11.2 Å². The Morgan fingerprint density at radius 2 is 1.88 bits per heavy atom. The van der Waals surface area contributed by atoms with E-state index in [1.165, 1.54) is 6.42 Å². The van der Waals surface area contributed by atoms with Crippen LogP contribution in [0.3, 0.4) is 0 Å². The second kappa shape index (κ2) is 3.76. The zero-order valence-electron chi connectivity index (χ0n) is 9.36. The summed E-state index contributed by atoms with van der Waals surface area (Å²) in [5.41, 5.74) is 5.97. The van der Waals surface area contributed by atoms with Crippen molar-refractivity contribution in [2.45, 2.75) is 19.3 Å². The van der Waals surface area contributed by atoms with Gasteiger partial charge in [0.05, 0.1) is 0 Å². The van der Waals surface area contributed by atoms with Crippen LogP contribution in [0.2, 0.25) is 0 Å². The van der Waals surface area contributed by atoms with Crippen LogP contribution in [0.4, 0.5) is 11.9 Å². The van der Waals surface area contributed by atoms with Gasteiger partial charge in [0.1, 0.15) is 0 Å². The maximum Gasteiger partial charge on any atom is 0.278 e. The van der Waals surface area contributed by atoms with E-state index in [0.717, 1.165) is 25.9 Å². The van der Waals surface area contributed by atoms with E-state index in [1.54, 1.807) is 0 Å². The van der Waals surface area contributed by atoms with Gasteiger partial charge in [0.15, 0.2) is 11.2 Å². The van der Waals surface area contributed by atoms with Gasteiger partial charge in [-0.3, -0.25) is 9.78 Å². The van der Waals surface area contributed by atoms with E-state index in [4.69, 9.17) is 5.73 Å². The van der Waals surface area contributed by atoms with Crippen molar-refractivity contribution in [3.63, 3.8) is 0 Å². The number of piperidine rings is 1. The number of hydrogen-bond donors (Lipinski definition) is 3.